The molecule has 1 atom stereocenters. The van der Waals surface area contributed by atoms with Crippen molar-refractivity contribution in [3.63, 3.8) is 0 Å². The molecule has 0 radical (unpaired) electrons. The molecule has 0 bridgehead atoms. The Hall–Kier alpha value is -0.810. The molecule has 0 amide bonds. The second kappa shape index (κ2) is 8.34. The van der Waals surface area contributed by atoms with Crippen LogP contribution >= 0.6 is 11.6 Å². The molecular formula is C18H28ClNO3. The number of methoxy groups -OCH3 is 2. The maximum absolute atomic E-state index is 6.21. The zero-order valence-electron chi connectivity index (χ0n) is 14.3. The summed E-state index contributed by atoms with van der Waals surface area (Å²) in [5.74, 6) is 1.17. The van der Waals surface area contributed by atoms with Crippen molar-refractivity contribution >= 4 is 11.6 Å². The van der Waals surface area contributed by atoms with E-state index in [-0.39, 0.29) is 5.92 Å². The molecule has 1 fully saturated rings. The summed E-state index contributed by atoms with van der Waals surface area (Å²) in [6.45, 7) is 3.20. The van der Waals surface area contributed by atoms with Gasteiger partial charge in [0.2, 0.25) is 0 Å². The zero-order chi connectivity index (χ0) is 16.9. The average Bonchev–Trinajstić information content (AvgIpc) is 2.59. The number of hydrogen-bond donors (Lipinski definition) is 1. The van der Waals surface area contributed by atoms with E-state index in [0.717, 1.165) is 42.0 Å². The van der Waals surface area contributed by atoms with Crippen LogP contribution in [-0.2, 0) is 9.47 Å². The number of rotatable bonds is 7. The van der Waals surface area contributed by atoms with Crippen LogP contribution in [-0.4, -0.2) is 33.2 Å². The van der Waals surface area contributed by atoms with Gasteiger partial charge in [0.15, 0.2) is 5.79 Å². The van der Waals surface area contributed by atoms with Crippen LogP contribution in [0.3, 0.4) is 0 Å². The maximum Gasteiger partial charge on any atom is 0.167 e. The average molecular weight is 342 g/mol. The molecule has 0 aliphatic heterocycles. The largest absolute Gasteiger partial charge is 0.494 e. The lowest BCUT2D eigenvalue weighted by atomic mass is 9.74. The lowest BCUT2D eigenvalue weighted by molar-refractivity contribution is -0.228. The summed E-state index contributed by atoms with van der Waals surface area (Å²) >= 11 is 6.21. The van der Waals surface area contributed by atoms with E-state index in [0.29, 0.717) is 19.1 Å². The van der Waals surface area contributed by atoms with E-state index >= 15 is 0 Å². The molecule has 130 valence electrons. The van der Waals surface area contributed by atoms with Gasteiger partial charge in [-0.15, -0.1) is 0 Å². The van der Waals surface area contributed by atoms with Crippen LogP contribution in [0.15, 0.2) is 18.2 Å². The molecule has 23 heavy (non-hydrogen) atoms. The minimum Gasteiger partial charge on any atom is -0.494 e. The molecule has 0 aromatic heterocycles. The summed E-state index contributed by atoms with van der Waals surface area (Å²) in [5, 5.41) is 0.723. The van der Waals surface area contributed by atoms with Gasteiger partial charge in [0.05, 0.1) is 6.61 Å². The van der Waals surface area contributed by atoms with E-state index in [1.165, 1.54) is 0 Å². The summed E-state index contributed by atoms with van der Waals surface area (Å²) in [4.78, 5) is 0. The summed E-state index contributed by atoms with van der Waals surface area (Å²) in [5.41, 5.74) is 7.24. The van der Waals surface area contributed by atoms with Gasteiger partial charge in [-0.05, 0) is 50.4 Å². The predicted molar refractivity (Wildman–Crippen MR) is 93.1 cm³/mol. The Labute approximate surface area is 144 Å². The van der Waals surface area contributed by atoms with E-state index in [4.69, 9.17) is 31.5 Å². The highest BCUT2D eigenvalue weighted by atomic mass is 35.5. The molecule has 1 saturated carbocycles. The third kappa shape index (κ3) is 4.18. The first-order valence-electron chi connectivity index (χ1n) is 8.31. The molecule has 1 aromatic carbocycles. The summed E-state index contributed by atoms with van der Waals surface area (Å²) in [6.07, 6.45) is 3.79. The molecule has 2 N–H and O–H groups in total. The summed E-state index contributed by atoms with van der Waals surface area (Å²) in [7, 11) is 3.43. The number of halogens is 1. The normalized spacial score (nSPS) is 19.5. The Morgan fingerprint density at radius 2 is 1.91 bits per heavy atom. The highest BCUT2D eigenvalue weighted by Crippen LogP contribution is 2.43. The molecule has 5 heteroatoms. The van der Waals surface area contributed by atoms with Gasteiger partial charge in [0, 0.05) is 43.6 Å². The molecule has 2 rings (SSSR count). The summed E-state index contributed by atoms with van der Waals surface area (Å²) < 4.78 is 16.9. The van der Waals surface area contributed by atoms with Gasteiger partial charge in [-0.25, -0.2) is 0 Å². The first-order valence-corrected chi connectivity index (χ1v) is 8.69. The first-order chi connectivity index (χ1) is 11.1. The van der Waals surface area contributed by atoms with Crippen molar-refractivity contribution in [3.05, 3.63) is 28.8 Å². The highest BCUT2D eigenvalue weighted by Gasteiger charge is 2.38. The SMILES string of the molecule is CCOc1ccc(Cl)cc1C(CN)C1CCC(OC)(OC)CC1. The van der Waals surface area contributed by atoms with Crippen molar-refractivity contribution in [2.75, 3.05) is 27.4 Å². The Balaban J connectivity index is 2.19. The first kappa shape index (κ1) is 18.5. The fraction of sp³-hybridized carbons (Fsp3) is 0.667. The van der Waals surface area contributed by atoms with Crippen LogP contribution in [0.25, 0.3) is 0 Å². The number of nitrogens with two attached hydrogens (primary N) is 1. The van der Waals surface area contributed by atoms with Crippen molar-refractivity contribution < 1.29 is 14.2 Å². The van der Waals surface area contributed by atoms with Crippen molar-refractivity contribution in [1.29, 1.82) is 0 Å². The molecule has 1 aliphatic rings. The van der Waals surface area contributed by atoms with Gasteiger partial charge in [0.1, 0.15) is 5.75 Å². The summed E-state index contributed by atoms with van der Waals surface area (Å²) in [6, 6.07) is 5.81. The Bertz CT molecular complexity index is 495. The minimum absolute atomic E-state index is 0.238. The topological polar surface area (TPSA) is 53.7 Å². The smallest absolute Gasteiger partial charge is 0.167 e. The van der Waals surface area contributed by atoms with Crippen LogP contribution in [0.5, 0.6) is 5.75 Å². The van der Waals surface area contributed by atoms with Gasteiger partial charge in [-0.3, -0.25) is 0 Å². The van der Waals surface area contributed by atoms with Crippen LogP contribution in [0.1, 0.15) is 44.1 Å². The van der Waals surface area contributed by atoms with Crippen LogP contribution in [0.4, 0.5) is 0 Å². The number of ether oxygens (including phenoxy) is 3. The van der Waals surface area contributed by atoms with E-state index in [2.05, 4.69) is 0 Å². The molecule has 1 aliphatic carbocycles. The maximum atomic E-state index is 6.21. The lowest BCUT2D eigenvalue weighted by Gasteiger charge is -2.40. The van der Waals surface area contributed by atoms with Gasteiger partial charge in [0.25, 0.3) is 0 Å². The van der Waals surface area contributed by atoms with Crippen molar-refractivity contribution in [2.45, 2.75) is 44.3 Å². The Morgan fingerprint density at radius 1 is 1.26 bits per heavy atom. The van der Waals surface area contributed by atoms with E-state index < -0.39 is 5.79 Å². The molecular weight excluding hydrogens is 314 g/mol. The zero-order valence-corrected chi connectivity index (χ0v) is 15.1. The number of benzene rings is 1. The third-order valence-corrected chi connectivity index (χ3v) is 5.27. The second-order valence-electron chi connectivity index (χ2n) is 6.11. The van der Waals surface area contributed by atoms with Crippen molar-refractivity contribution in [3.8, 4) is 5.75 Å². The molecule has 0 spiro atoms. The van der Waals surface area contributed by atoms with Crippen LogP contribution in [0.2, 0.25) is 5.02 Å². The van der Waals surface area contributed by atoms with Gasteiger partial charge in [-0.1, -0.05) is 11.6 Å². The van der Waals surface area contributed by atoms with Gasteiger partial charge < -0.3 is 19.9 Å². The third-order valence-electron chi connectivity index (χ3n) is 5.03. The standard InChI is InChI=1S/C18H28ClNO3/c1-4-23-17-6-5-14(19)11-15(17)16(12-20)13-7-9-18(21-2,22-3)10-8-13/h5-6,11,13,16H,4,7-10,12,20H2,1-3H3. The van der Waals surface area contributed by atoms with Crippen LogP contribution in [0, 0.1) is 5.92 Å². The van der Waals surface area contributed by atoms with Gasteiger partial charge in [-0.2, -0.15) is 0 Å². The minimum atomic E-state index is -0.438. The monoisotopic (exact) mass is 341 g/mol. The Morgan fingerprint density at radius 3 is 2.43 bits per heavy atom. The Kier molecular flexibility index (Phi) is 6.72. The lowest BCUT2D eigenvalue weighted by Crippen LogP contribution is -2.40. The van der Waals surface area contributed by atoms with Crippen molar-refractivity contribution in [1.82, 2.24) is 0 Å². The second-order valence-corrected chi connectivity index (χ2v) is 6.55. The fourth-order valence-corrected chi connectivity index (χ4v) is 3.82. The quantitative estimate of drug-likeness (QED) is 0.763. The predicted octanol–water partition coefficient (Wildman–Crippen LogP) is 3.96. The van der Waals surface area contributed by atoms with E-state index in [9.17, 15) is 0 Å². The molecule has 4 nitrogen and oxygen atoms in total. The molecule has 1 unspecified atom stereocenters. The van der Waals surface area contributed by atoms with E-state index in [1.54, 1.807) is 14.2 Å². The van der Waals surface area contributed by atoms with Gasteiger partial charge >= 0.3 is 0 Å². The number of hydrogen-bond acceptors (Lipinski definition) is 4. The highest BCUT2D eigenvalue weighted by molar-refractivity contribution is 6.30. The van der Waals surface area contributed by atoms with E-state index in [1.807, 2.05) is 25.1 Å². The fourth-order valence-electron chi connectivity index (χ4n) is 3.64. The van der Waals surface area contributed by atoms with Crippen LogP contribution < -0.4 is 10.5 Å². The molecule has 1 aromatic rings. The molecule has 0 heterocycles. The molecule has 0 saturated heterocycles. The van der Waals surface area contributed by atoms with Crippen molar-refractivity contribution in [2.24, 2.45) is 11.7 Å².